The zero-order valence-electron chi connectivity index (χ0n) is 7.92. The molecule has 0 aromatic heterocycles. The maximum atomic E-state index is 10.2. The Bertz CT molecular complexity index is 267. The SMILES string of the molecule is O=C(O)OC1(O)O[C@H](CO)[C@@H](O)[C@H](O)[C@H]1O. The summed E-state index contributed by atoms with van der Waals surface area (Å²) in [6.07, 6.45) is -9.24. The summed E-state index contributed by atoms with van der Waals surface area (Å²) in [6, 6.07) is 0. The van der Waals surface area contributed by atoms with E-state index in [9.17, 15) is 25.2 Å². The van der Waals surface area contributed by atoms with E-state index in [0.29, 0.717) is 0 Å². The lowest BCUT2D eigenvalue weighted by atomic mass is 9.98. The monoisotopic (exact) mass is 240 g/mol. The Morgan fingerprint density at radius 1 is 1.31 bits per heavy atom. The normalized spacial score (nSPS) is 44.1. The van der Waals surface area contributed by atoms with Gasteiger partial charge in [-0.05, 0) is 0 Å². The van der Waals surface area contributed by atoms with Crippen LogP contribution >= 0.6 is 0 Å². The molecule has 1 fully saturated rings. The summed E-state index contributed by atoms with van der Waals surface area (Å²) in [5.41, 5.74) is 0. The van der Waals surface area contributed by atoms with Gasteiger partial charge in [0.05, 0.1) is 6.61 Å². The first-order valence-corrected chi connectivity index (χ1v) is 4.29. The second-order valence-corrected chi connectivity index (χ2v) is 3.26. The number of rotatable bonds is 2. The van der Waals surface area contributed by atoms with Gasteiger partial charge in [0, 0.05) is 0 Å². The zero-order chi connectivity index (χ0) is 12.5. The van der Waals surface area contributed by atoms with Crippen LogP contribution < -0.4 is 0 Å². The van der Waals surface area contributed by atoms with Gasteiger partial charge in [-0.3, -0.25) is 0 Å². The van der Waals surface area contributed by atoms with E-state index in [2.05, 4.69) is 9.47 Å². The van der Waals surface area contributed by atoms with Gasteiger partial charge in [0.15, 0.2) is 6.10 Å². The molecule has 6 N–H and O–H groups in total. The van der Waals surface area contributed by atoms with E-state index < -0.39 is 43.2 Å². The van der Waals surface area contributed by atoms with Crippen LogP contribution in [0.5, 0.6) is 0 Å². The highest BCUT2D eigenvalue weighted by atomic mass is 16.9. The van der Waals surface area contributed by atoms with E-state index in [1.807, 2.05) is 0 Å². The van der Waals surface area contributed by atoms with Crippen molar-refractivity contribution in [2.45, 2.75) is 30.4 Å². The fourth-order valence-electron chi connectivity index (χ4n) is 1.33. The molecule has 0 aromatic carbocycles. The van der Waals surface area contributed by atoms with Gasteiger partial charge in [-0.2, -0.15) is 0 Å². The molecule has 1 aliphatic heterocycles. The van der Waals surface area contributed by atoms with Crippen molar-refractivity contribution >= 4 is 6.16 Å². The van der Waals surface area contributed by atoms with Crippen LogP contribution in [0, 0.1) is 0 Å². The summed E-state index contributed by atoms with van der Waals surface area (Å²) >= 11 is 0. The highest BCUT2D eigenvalue weighted by molar-refractivity contribution is 5.57. The molecule has 0 aliphatic carbocycles. The Morgan fingerprint density at radius 3 is 2.31 bits per heavy atom. The Hall–Kier alpha value is -0.970. The molecule has 5 atom stereocenters. The van der Waals surface area contributed by atoms with Crippen molar-refractivity contribution in [3.05, 3.63) is 0 Å². The van der Waals surface area contributed by atoms with Crippen molar-refractivity contribution < 1.29 is 44.9 Å². The lowest BCUT2D eigenvalue weighted by molar-refractivity contribution is -0.433. The second-order valence-electron chi connectivity index (χ2n) is 3.26. The van der Waals surface area contributed by atoms with Crippen LogP contribution in [0.15, 0.2) is 0 Å². The molecular weight excluding hydrogens is 228 g/mol. The molecule has 1 heterocycles. The predicted molar refractivity (Wildman–Crippen MR) is 44.0 cm³/mol. The maximum Gasteiger partial charge on any atom is 0.510 e. The van der Waals surface area contributed by atoms with Crippen LogP contribution in [0.3, 0.4) is 0 Å². The van der Waals surface area contributed by atoms with E-state index in [4.69, 9.17) is 10.2 Å². The molecule has 94 valence electrons. The largest absolute Gasteiger partial charge is 0.510 e. The smallest absolute Gasteiger partial charge is 0.450 e. The summed E-state index contributed by atoms with van der Waals surface area (Å²) in [5, 5.41) is 54.3. The fraction of sp³-hybridized carbons (Fsp3) is 0.857. The molecule has 9 heteroatoms. The van der Waals surface area contributed by atoms with Crippen molar-refractivity contribution in [3.63, 3.8) is 0 Å². The molecule has 0 amide bonds. The van der Waals surface area contributed by atoms with Gasteiger partial charge in [0.2, 0.25) is 0 Å². The Balaban J connectivity index is 2.89. The van der Waals surface area contributed by atoms with Crippen molar-refractivity contribution in [1.29, 1.82) is 0 Å². The molecule has 16 heavy (non-hydrogen) atoms. The lowest BCUT2D eigenvalue weighted by Crippen LogP contribution is -2.66. The number of ether oxygens (including phenoxy) is 2. The molecule has 0 radical (unpaired) electrons. The molecule has 0 bridgehead atoms. The predicted octanol–water partition coefficient (Wildman–Crippen LogP) is -3.20. The van der Waals surface area contributed by atoms with Crippen LogP contribution in [-0.2, 0) is 9.47 Å². The quantitative estimate of drug-likeness (QED) is 0.216. The van der Waals surface area contributed by atoms with Crippen LogP contribution in [0.25, 0.3) is 0 Å². The van der Waals surface area contributed by atoms with Crippen molar-refractivity contribution in [2.24, 2.45) is 0 Å². The van der Waals surface area contributed by atoms with Gasteiger partial charge >= 0.3 is 12.1 Å². The molecule has 1 unspecified atom stereocenters. The first-order valence-electron chi connectivity index (χ1n) is 4.29. The minimum absolute atomic E-state index is 0.809. The van der Waals surface area contributed by atoms with Crippen molar-refractivity contribution in [2.75, 3.05) is 6.61 Å². The lowest BCUT2D eigenvalue weighted by Gasteiger charge is -2.43. The standard InChI is InChI=1S/C7H12O9/c8-1-2-3(9)4(10)5(11)7(14,15-2)16-6(12)13/h2-5,8-11,14H,1H2,(H,12,13)/t2-,3-,4+,5-,7?/m1/s1. The van der Waals surface area contributed by atoms with E-state index in [1.165, 1.54) is 0 Å². The van der Waals surface area contributed by atoms with Crippen LogP contribution in [0.4, 0.5) is 4.79 Å². The van der Waals surface area contributed by atoms with Gasteiger partial charge in [0.1, 0.15) is 18.3 Å². The molecule has 0 spiro atoms. The van der Waals surface area contributed by atoms with Crippen LogP contribution in [0.2, 0.25) is 0 Å². The van der Waals surface area contributed by atoms with Gasteiger partial charge in [-0.1, -0.05) is 0 Å². The van der Waals surface area contributed by atoms with Crippen LogP contribution in [-0.4, -0.2) is 73.8 Å². The topological polar surface area (TPSA) is 157 Å². The average Bonchev–Trinajstić information content (AvgIpc) is 2.20. The van der Waals surface area contributed by atoms with E-state index >= 15 is 0 Å². The molecule has 1 rings (SSSR count). The van der Waals surface area contributed by atoms with Gasteiger partial charge in [0.25, 0.3) is 0 Å². The summed E-state index contributed by atoms with van der Waals surface area (Å²) < 4.78 is 8.33. The third-order valence-corrected chi connectivity index (χ3v) is 2.16. The number of hydrogen-bond acceptors (Lipinski definition) is 8. The first-order chi connectivity index (χ1) is 7.31. The third-order valence-electron chi connectivity index (χ3n) is 2.16. The van der Waals surface area contributed by atoms with Crippen molar-refractivity contribution in [1.82, 2.24) is 0 Å². The van der Waals surface area contributed by atoms with E-state index in [-0.39, 0.29) is 0 Å². The zero-order valence-corrected chi connectivity index (χ0v) is 7.92. The number of carboxylic acid groups (broad SMARTS) is 1. The van der Waals surface area contributed by atoms with Gasteiger partial charge < -0.3 is 40.1 Å². The van der Waals surface area contributed by atoms with Crippen LogP contribution in [0.1, 0.15) is 0 Å². The van der Waals surface area contributed by atoms with E-state index in [1.54, 1.807) is 0 Å². The summed E-state index contributed by atoms with van der Waals surface area (Å²) in [7, 11) is 0. The Kier molecular flexibility index (Phi) is 3.68. The molecule has 1 aliphatic rings. The maximum absolute atomic E-state index is 10.2. The van der Waals surface area contributed by atoms with Gasteiger partial charge in [-0.25, -0.2) is 4.79 Å². The molecule has 9 nitrogen and oxygen atoms in total. The highest BCUT2D eigenvalue weighted by Crippen LogP contribution is 2.29. The third kappa shape index (κ3) is 2.24. The Morgan fingerprint density at radius 2 is 1.88 bits per heavy atom. The highest BCUT2D eigenvalue weighted by Gasteiger charge is 2.56. The Labute approximate surface area is 89.1 Å². The minimum atomic E-state index is -3.03. The first kappa shape index (κ1) is 13.1. The molecule has 0 aromatic rings. The molecule has 0 saturated carbocycles. The number of carbonyl (C=O) groups is 1. The average molecular weight is 240 g/mol. The number of hydrogen-bond donors (Lipinski definition) is 6. The fourth-order valence-corrected chi connectivity index (χ4v) is 1.33. The van der Waals surface area contributed by atoms with Gasteiger partial charge in [-0.15, -0.1) is 0 Å². The number of aliphatic hydroxyl groups is 5. The minimum Gasteiger partial charge on any atom is -0.450 e. The van der Waals surface area contributed by atoms with Crippen molar-refractivity contribution in [3.8, 4) is 0 Å². The van der Waals surface area contributed by atoms with E-state index in [0.717, 1.165) is 0 Å². The summed E-state index contributed by atoms with van der Waals surface area (Å²) in [6.45, 7) is -0.809. The summed E-state index contributed by atoms with van der Waals surface area (Å²) in [5.74, 6) is -3.03. The number of aliphatic hydroxyl groups excluding tert-OH is 4. The molecular formula is C7H12O9. The summed E-state index contributed by atoms with van der Waals surface area (Å²) in [4.78, 5) is 10.2. The molecule has 1 saturated heterocycles. The second kappa shape index (κ2) is 4.49.